The van der Waals surface area contributed by atoms with Gasteiger partial charge in [-0.2, -0.15) is 0 Å². The number of benzene rings is 1. The second-order valence-corrected chi connectivity index (χ2v) is 11.8. The van der Waals surface area contributed by atoms with E-state index in [0.717, 1.165) is 23.5 Å². The first kappa shape index (κ1) is 27.8. The zero-order valence-electron chi connectivity index (χ0n) is 22.4. The molecule has 2 atom stereocenters. The van der Waals surface area contributed by atoms with E-state index in [4.69, 9.17) is 14.2 Å². The van der Waals surface area contributed by atoms with Crippen LogP contribution in [0.4, 0.5) is 8.78 Å². The molecule has 4 heterocycles. The maximum Gasteiger partial charge on any atom is 0.314 e. The van der Waals surface area contributed by atoms with E-state index in [1.54, 1.807) is 30.2 Å². The molecule has 10 nitrogen and oxygen atoms in total. The molecule has 1 saturated heterocycles. The van der Waals surface area contributed by atoms with Gasteiger partial charge in [-0.25, -0.2) is 8.78 Å². The number of nitrogens with zero attached hydrogens (tertiary/aromatic N) is 4. The molecule has 2 aliphatic heterocycles. The van der Waals surface area contributed by atoms with E-state index < -0.39 is 47.4 Å². The van der Waals surface area contributed by atoms with Gasteiger partial charge >= 0.3 is 5.97 Å². The number of hydrogen-bond acceptors (Lipinski definition) is 9. The Bertz CT molecular complexity index is 1530. The van der Waals surface area contributed by atoms with Crippen molar-refractivity contribution in [2.24, 2.45) is 5.41 Å². The van der Waals surface area contributed by atoms with Gasteiger partial charge in [-0.3, -0.25) is 14.4 Å². The fourth-order valence-electron chi connectivity index (χ4n) is 4.55. The number of halogens is 2. The highest BCUT2D eigenvalue weighted by Gasteiger charge is 2.41. The monoisotopic (exact) mass is 574 g/mol. The van der Waals surface area contributed by atoms with Gasteiger partial charge in [0.2, 0.25) is 18.0 Å². The highest BCUT2D eigenvalue weighted by Crippen LogP contribution is 2.33. The molecule has 1 amide bonds. The highest BCUT2D eigenvalue weighted by atomic mass is 32.1. The van der Waals surface area contributed by atoms with E-state index in [9.17, 15) is 23.2 Å². The van der Waals surface area contributed by atoms with Crippen LogP contribution in [0.25, 0.3) is 10.6 Å². The van der Waals surface area contributed by atoms with Crippen LogP contribution in [0.2, 0.25) is 0 Å². The molecule has 40 heavy (non-hydrogen) atoms. The van der Waals surface area contributed by atoms with E-state index in [-0.39, 0.29) is 46.6 Å². The van der Waals surface area contributed by atoms with E-state index in [1.807, 2.05) is 6.92 Å². The van der Waals surface area contributed by atoms with Crippen molar-refractivity contribution in [3.05, 3.63) is 62.5 Å². The molecular formula is C27H28F2N4O6S. The predicted octanol–water partition coefficient (Wildman–Crippen LogP) is 3.75. The number of ether oxygens (including phenoxy) is 3. The molecule has 0 bridgehead atoms. The molecule has 2 aromatic heterocycles. The molecule has 0 N–H and O–H groups in total. The summed E-state index contributed by atoms with van der Waals surface area (Å²) < 4.78 is 45.8. The van der Waals surface area contributed by atoms with Gasteiger partial charge in [-0.15, -0.1) is 10.2 Å². The van der Waals surface area contributed by atoms with Crippen molar-refractivity contribution in [2.45, 2.75) is 59.4 Å². The number of amides is 1. The van der Waals surface area contributed by atoms with Gasteiger partial charge in [0.25, 0.3) is 5.91 Å². The molecule has 212 valence electrons. The minimum absolute atomic E-state index is 0.0206. The van der Waals surface area contributed by atoms with Crippen molar-refractivity contribution in [3.8, 4) is 16.3 Å². The van der Waals surface area contributed by atoms with Crippen LogP contribution in [-0.4, -0.2) is 57.2 Å². The van der Waals surface area contributed by atoms with Gasteiger partial charge in [0.15, 0.2) is 16.9 Å². The SMILES string of the molecule is C[C@@H]1CCOC2Cn3cc(-c4nnc(Cc5ccc(F)cc5F)s4)c(=O)c(OCOC(=O)C(C)(C)C)c3C(=O)N21. The van der Waals surface area contributed by atoms with Crippen molar-refractivity contribution in [3.63, 3.8) is 0 Å². The van der Waals surface area contributed by atoms with E-state index in [1.165, 1.54) is 12.3 Å². The van der Waals surface area contributed by atoms with Crippen LogP contribution >= 0.6 is 11.3 Å². The summed E-state index contributed by atoms with van der Waals surface area (Å²) in [6.07, 6.45) is 1.67. The lowest BCUT2D eigenvalue weighted by molar-refractivity contribution is -0.159. The molecular weight excluding hydrogens is 546 g/mol. The summed E-state index contributed by atoms with van der Waals surface area (Å²) in [4.78, 5) is 41.2. The van der Waals surface area contributed by atoms with Gasteiger partial charge in [-0.05, 0) is 45.7 Å². The minimum atomic E-state index is -0.795. The second-order valence-electron chi connectivity index (χ2n) is 10.7. The lowest BCUT2D eigenvalue weighted by Gasteiger charge is -2.44. The number of aromatic nitrogens is 3. The fraction of sp³-hybridized carbons (Fsp3) is 0.444. The van der Waals surface area contributed by atoms with Crippen LogP contribution in [0.15, 0.2) is 29.2 Å². The normalized spacial score (nSPS) is 18.8. The third-order valence-electron chi connectivity index (χ3n) is 6.72. The molecule has 5 rings (SSSR count). The predicted molar refractivity (Wildman–Crippen MR) is 140 cm³/mol. The molecule has 13 heteroatoms. The summed E-state index contributed by atoms with van der Waals surface area (Å²) in [7, 11) is 0. The number of carbonyl (C=O) groups is 2. The quantitative estimate of drug-likeness (QED) is 0.323. The average molecular weight is 575 g/mol. The van der Waals surface area contributed by atoms with Gasteiger partial charge in [-0.1, -0.05) is 17.4 Å². The van der Waals surface area contributed by atoms with Crippen molar-refractivity contribution in [2.75, 3.05) is 13.4 Å². The van der Waals surface area contributed by atoms with E-state index in [0.29, 0.717) is 18.0 Å². The average Bonchev–Trinajstić information content (AvgIpc) is 3.34. The molecule has 0 saturated carbocycles. The largest absolute Gasteiger partial charge is 0.451 e. The van der Waals surface area contributed by atoms with Gasteiger partial charge < -0.3 is 23.7 Å². The summed E-state index contributed by atoms with van der Waals surface area (Å²) in [5.74, 6) is -2.65. The number of pyridine rings is 1. The second kappa shape index (κ2) is 10.7. The third kappa shape index (κ3) is 5.35. The van der Waals surface area contributed by atoms with Crippen LogP contribution < -0.4 is 10.2 Å². The molecule has 1 fully saturated rings. The number of esters is 1. The number of carbonyl (C=O) groups excluding carboxylic acids is 2. The Morgan fingerprint density at radius 2 is 2.00 bits per heavy atom. The fourth-order valence-corrected chi connectivity index (χ4v) is 5.42. The number of fused-ring (bicyclic) bond motifs is 2. The molecule has 1 aromatic carbocycles. The van der Waals surface area contributed by atoms with E-state index in [2.05, 4.69) is 10.2 Å². The number of rotatable bonds is 6. The van der Waals surface area contributed by atoms with E-state index >= 15 is 0 Å². The molecule has 0 radical (unpaired) electrons. The summed E-state index contributed by atoms with van der Waals surface area (Å²) in [5, 5.41) is 8.84. The van der Waals surface area contributed by atoms with Gasteiger partial charge in [0, 0.05) is 24.7 Å². The standard InChI is InChI=1S/C27H28F2N4O6S/c1-14-7-8-37-20-12-32-11-17(24-31-30-19(40-24)9-15-5-6-16(28)10-18(15)29)22(34)23(21(32)25(35)33(14)20)38-13-39-26(36)27(2,3)4/h5-6,10-11,14,20H,7-9,12-13H2,1-4H3/t14-,20?/m1/s1. The molecule has 3 aromatic rings. The first-order valence-corrected chi connectivity index (χ1v) is 13.5. The van der Waals surface area contributed by atoms with Crippen LogP contribution in [-0.2, 0) is 27.2 Å². The van der Waals surface area contributed by atoms with Crippen molar-refractivity contribution in [1.29, 1.82) is 0 Å². The summed E-state index contributed by atoms with van der Waals surface area (Å²) >= 11 is 1.06. The van der Waals surface area contributed by atoms with Crippen LogP contribution in [0.3, 0.4) is 0 Å². The zero-order chi connectivity index (χ0) is 28.8. The van der Waals surface area contributed by atoms with Gasteiger partial charge in [0.05, 0.1) is 24.1 Å². The lowest BCUT2D eigenvalue weighted by Crippen LogP contribution is -2.57. The molecule has 0 aliphatic carbocycles. The number of hydrogen-bond donors (Lipinski definition) is 0. The molecule has 2 aliphatic rings. The Labute approximate surface area is 232 Å². The topological polar surface area (TPSA) is 113 Å². The maximum absolute atomic E-state index is 14.2. The lowest BCUT2D eigenvalue weighted by atomic mass is 9.98. The first-order chi connectivity index (χ1) is 18.9. The highest BCUT2D eigenvalue weighted by molar-refractivity contribution is 7.14. The zero-order valence-corrected chi connectivity index (χ0v) is 23.2. The molecule has 1 unspecified atom stereocenters. The Kier molecular flexibility index (Phi) is 7.44. The van der Waals surface area contributed by atoms with Crippen LogP contribution in [0.5, 0.6) is 5.75 Å². The Morgan fingerprint density at radius 3 is 2.73 bits per heavy atom. The molecule has 0 spiro atoms. The summed E-state index contributed by atoms with van der Waals surface area (Å²) in [6.45, 7) is 7.10. The maximum atomic E-state index is 14.2. The van der Waals surface area contributed by atoms with Crippen LogP contribution in [0, 0.1) is 17.0 Å². The smallest absolute Gasteiger partial charge is 0.314 e. The third-order valence-corrected chi connectivity index (χ3v) is 7.68. The Balaban J connectivity index is 1.52. The minimum Gasteiger partial charge on any atom is -0.451 e. The van der Waals surface area contributed by atoms with Crippen molar-refractivity contribution < 1.29 is 32.6 Å². The summed E-state index contributed by atoms with van der Waals surface area (Å²) in [6, 6.07) is 3.16. The summed E-state index contributed by atoms with van der Waals surface area (Å²) in [5.41, 5.74) is -1.08. The Hall–Kier alpha value is -3.71. The first-order valence-electron chi connectivity index (χ1n) is 12.7. The van der Waals surface area contributed by atoms with Crippen molar-refractivity contribution in [1.82, 2.24) is 19.7 Å². The van der Waals surface area contributed by atoms with Gasteiger partial charge in [0.1, 0.15) is 16.6 Å². The Morgan fingerprint density at radius 1 is 1.23 bits per heavy atom. The van der Waals surface area contributed by atoms with Crippen LogP contribution in [0.1, 0.15) is 55.2 Å². The van der Waals surface area contributed by atoms with Crippen molar-refractivity contribution >= 4 is 23.2 Å².